The molecule has 1 saturated heterocycles. The van der Waals surface area contributed by atoms with Gasteiger partial charge in [-0.2, -0.15) is 20.3 Å². The van der Waals surface area contributed by atoms with Gasteiger partial charge in [0.2, 0.25) is 5.95 Å². The predicted molar refractivity (Wildman–Crippen MR) is 124 cm³/mol. The molecule has 3 heterocycles. The fraction of sp³-hybridized carbons (Fsp3) is 0.500. The highest BCUT2D eigenvalue weighted by molar-refractivity contribution is 5.81. The van der Waals surface area contributed by atoms with Crippen LogP contribution < -0.4 is 10.2 Å². The standard InChI is InChI=1S/C24H29N7O/c1-23(2,32)18-7-10-30(14-18)20-12-21(29-22(26-3)28-20)31-19-11-17(6-5-16(19)13-27-31)24(15-25)8-4-9-24/h5-6,11-13,18,32H,4,7-10,14H2,1-3H3,(H,26,28,29)/t18-/m1/s1. The largest absolute Gasteiger partial charge is 0.390 e. The maximum Gasteiger partial charge on any atom is 0.226 e. The van der Waals surface area contributed by atoms with Crippen LogP contribution in [0.25, 0.3) is 16.7 Å². The molecule has 0 radical (unpaired) electrons. The smallest absolute Gasteiger partial charge is 0.226 e. The van der Waals surface area contributed by atoms with Gasteiger partial charge in [0, 0.05) is 37.5 Å². The van der Waals surface area contributed by atoms with E-state index < -0.39 is 5.60 Å². The number of hydrogen-bond donors (Lipinski definition) is 2. The maximum absolute atomic E-state index is 10.4. The first-order valence-corrected chi connectivity index (χ1v) is 11.3. The number of nitriles is 1. The van der Waals surface area contributed by atoms with Crippen LogP contribution >= 0.6 is 0 Å². The summed E-state index contributed by atoms with van der Waals surface area (Å²) < 4.78 is 1.83. The number of nitrogens with zero attached hydrogens (tertiary/aromatic N) is 6. The van der Waals surface area contributed by atoms with Crippen LogP contribution in [0.1, 0.15) is 45.1 Å². The molecule has 1 atom stereocenters. The molecule has 3 aromatic rings. The van der Waals surface area contributed by atoms with Crippen molar-refractivity contribution in [2.75, 3.05) is 30.4 Å². The van der Waals surface area contributed by atoms with Crippen molar-refractivity contribution in [3.8, 4) is 11.9 Å². The van der Waals surface area contributed by atoms with Gasteiger partial charge >= 0.3 is 0 Å². The molecule has 0 amide bonds. The Morgan fingerprint density at radius 3 is 2.62 bits per heavy atom. The molecule has 8 nitrogen and oxygen atoms in total. The van der Waals surface area contributed by atoms with E-state index in [2.05, 4.69) is 43.5 Å². The third-order valence-corrected chi connectivity index (χ3v) is 7.20. The first-order chi connectivity index (χ1) is 15.3. The van der Waals surface area contributed by atoms with Crippen molar-refractivity contribution in [2.24, 2.45) is 5.92 Å². The highest BCUT2D eigenvalue weighted by Crippen LogP contribution is 2.44. The molecule has 1 aliphatic heterocycles. The molecular weight excluding hydrogens is 402 g/mol. The molecule has 0 bridgehead atoms. The van der Waals surface area contributed by atoms with Crippen LogP contribution in [0.3, 0.4) is 0 Å². The van der Waals surface area contributed by atoms with Crippen molar-refractivity contribution in [1.82, 2.24) is 19.7 Å². The van der Waals surface area contributed by atoms with Gasteiger partial charge in [0.05, 0.1) is 28.8 Å². The SMILES string of the molecule is CNc1nc(N2CC[C@@H](C(C)(C)O)C2)cc(-n2ncc3ccc(C4(C#N)CCC4)cc32)n1. The molecular formula is C24H29N7O. The summed E-state index contributed by atoms with van der Waals surface area (Å²) in [6.07, 6.45) is 5.65. The summed E-state index contributed by atoms with van der Waals surface area (Å²) in [5.74, 6) is 2.21. The first-order valence-electron chi connectivity index (χ1n) is 11.3. The number of anilines is 2. The Kier molecular flexibility index (Phi) is 4.82. The van der Waals surface area contributed by atoms with Crippen molar-refractivity contribution in [3.05, 3.63) is 36.0 Å². The molecule has 2 fully saturated rings. The van der Waals surface area contributed by atoms with Gasteiger partial charge in [-0.25, -0.2) is 4.68 Å². The molecule has 0 spiro atoms. The summed E-state index contributed by atoms with van der Waals surface area (Å²) >= 11 is 0. The summed E-state index contributed by atoms with van der Waals surface area (Å²) in [5, 5.41) is 28.9. The molecule has 0 unspecified atom stereocenters. The quantitative estimate of drug-likeness (QED) is 0.638. The third-order valence-electron chi connectivity index (χ3n) is 7.20. The van der Waals surface area contributed by atoms with E-state index in [1.807, 2.05) is 36.9 Å². The second-order valence-electron chi connectivity index (χ2n) is 9.62. The molecule has 5 rings (SSSR count). The van der Waals surface area contributed by atoms with Gasteiger partial charge in [-0.1, -0.05) is 12.1 Å². The zero-order chi connectivity index (χ0) is 22.5. The van der Waals surface area contributed by atoms with Gasteiger partial charge in [-0.3, -0.25) is 0 Å². The lowest BCUT2D eigenvalue weighted by Gasteiger charge is -2.35. The lowest BCUT2D eigenvalue weighted by atomic mass is 9.65. The van der Waals surface area contributed by atoms with Crippen molar-refractivity contribution in [2.45, 2.75) is 50.5 Å². The van der Waals surface area contributed by atoms with E-state index in [9.17, 15) is 10.4 Å². The van der Waals surface area contributed by atoms with E-state index in [0.29, 0.717) is 11.8 Å². The minimum absolute atomic E-state index is 0.191. The normalized spacial score (nSPS) is 20.2. The van der Waals surface area contributed by atoms with Crippen LogP contribution in [0.4, 0.5) is 11.8 Å². The Balaban J connectivity index is 1.55. The van der Waals surface area contributed by atoms with Crippen LogP contribution in [0, 0.1) is 17.2 Å². The average molecular weight is 432 g/mol. The molecule has 1 saturated carbocycles. The van der Waals surface area contributed by atoms with Crippen LogP contribution in [-0.4, -0.2) is 50.6 Å². The van der Waals surface area contributed by atoms with Gasteiger partial charge < -0.3 is 15.3 Å². The highest BCUT2D eigenvalue weighted by atomic mass is 16.3. The fourth-order valence-electron chi connectivity index (χ4n) is 4.84. The van der Waals surface area contributed by atoms with Crippen molar-refractivity contribution in [3.63, 3.8) is 0 Å². The zero-order valence-corrected chi connectivity index (χ0v) is 18.8. The van der Waals surface area contributed by atoms with E-state index in [0.717, 1.165) is 61.1 Å². The van der Waals surface area contributed by atoms with Crippen molar-refractivity contribution < 1.29 is 5.11 Å². The second-order valence-corrected chi connectivity index (χ2v) is 9.62. The van der Waals surface area contributed by atoms with E-state index in [4.69, 9.17) is 0 Å². The Morgan fingerprint density at radius 1 is 1.22 bits per heavy atom. The van der Waals surface area contributed by atoms with Crippen LogP contribution in [0.5, 0.6) is 0 Å². The molecule has 8 heteroatoms. The number of rotatable bonds is 5. The predicted octanol–water partition coefficient (Wildman–Crippen LogP) is 3.40. The number of hydrogen-bond acceptors (Lipinski definition) is 7. The number of benzene rings is 1. The zero-order valence-electron chi connectivity index (χ0n) is 18.8. The Hall–Kier alpha value is -3.18. The summed E-state index contributed by atoms with van der Waals surface area (Å²) in [6, 6.07) is 10.7. The van der Waals surface area contributed by atoms with E-state index in [1.54, 1.807) is 7.05 Å². The minimum atomic E-state index is -0.719. The van der Waals surface area contributed by atoms with Crippen LogP contribution in [0.15, 0.2) is 30.5 Å². The molecule has 1 aromatic carbocycles. The molecule has 2 aromatic heterocycles. The topological polar surface area (TPSA) is 103 Å². The van der Waals surface area contributed by atoms with E-state index in [-0.39, 0.29) is 11.3 Å². The summed E-state index contributed by atoms with van der Waals surface area (Å²) in [5.41, 5.74) is 0.893. The van der Waals surface area contributed by atoms with Crippen molar-refractivity contribution >= 4 is 22.7 Å². The highest BCUT2D eigenvalue weighted by Gasteiger charge is 2.39. The Bertz CT molecular complexity index is 1200. The fourth-order valence-corrected chi connectivity index (χ4v) is 4.84. The molecule has 2 aliphatic rings. The van der Waals surface area contributed by atoms with E-state index >= 15 is 0 Å². The maximum atomic E-state index is 10.4. The summed E-state index contributed by atoms with van der Waals surface area (Å²) in [6.45, 7) is 5.32. The molecule has 2 N–H and O–H groups in total. The Labute approximate surface area is 187 Å². The summed E-state index contributed by atoms with van der Waals surface area (Å²) in [7, 11) is 1.80. The van der Waals surface area contributed by atoms with Crippen LogP contribution in [-0.2, 0) is 5.41 Å². The van der Waals surface area contributed by atoms with Gasteiger partial charge in [0.1, 0.15) is 5.82 Å². The number of fused-ring (bicyclic) bond motifs is 1. The first kappa shape index (κ1) is 20.7. The third kappa shape index (κ3) is 3.37. The van der Waals surface area contributed by atoms with Crippen LogP contribution in [0.2, 0.25) is 0 Å². The summed E-state index contributed by atoms with van der Waals surface area (Å²) in [4.78, 5) is 11.5. The van der Waals surface area contributed by atoms with Gasteiger partial charge in [-0.05, 0) is 51.2 Å². The lowest BCUT2D eigenvalue weighted by Crippen LogP contribution is -2.33. The molecule has 166 valence electrons. The van der Waals surface area contributed by atoms with Gasteiger partial charge in [-0.15, -0.1) is 0 Å². The van der Waals surface area contributed by atoms with E-state index in [1.165, 1.54) is 0 Å². The van der Waals surface area contributed by atoms with Gasteiger partial charge in [0.15, 0.2) is 5.82 Å². The van der Waals surface area contributed by atoms with Crippen molar-refractivity contribution in [1.29, 1.82) is 5.26 Å². The van der Waals surface area contributed by atoms with Gasteiger partial charge in [0.25, 0.3) is 0 Å². The number of nitrogens with one attached hydrogen (secondary N) is 1. The number of aliphatic hydroxyl groups is 1. The lowest BCUT2D eigenvalue weighted by molar-refractivity contribution is 0.0263. The minimum Gasteiger partial charge on any atom is -0.390 e. The monoisotopic (exact) mass is 431 g/mol. The number of aromatic nitrogens is 4. The molecule has 1 aliphatic carbocycles. The second kappa shape index (κ2) is 7.45. The molecule has 32 heavy (non-hydrogen) atoms. The Morgan fingerprint density at radius 2 is 2.00 bits per heavy atom. The average Bonchev–Trinajstić information content (AvgIpc) is 3.40.